The van der Waals surface area contributed by atoms with Crippen LogP contribution in [0.25, 0.3) is 11.0 Å². The van der Waals surface area contributed by atoms with Crippen LogP contribution in [-0.4, -0.2) is 40.9 Å². The summed E-state index contributed by atoms with van der Waals surface area (Å²) < 4.78 is 52.2. The van der Waals surface area contributed by atoms with Gasteiger partial charge in [-0.15, -0.1) is 0 Å². The van der Waals surface area contributed by atoms with Crippen LogP contribution in [0.4, 0.5) is 13.2 Å². The maximum Gasteiger partial charge on any atom is 0.401 e. The summed E-state index contributed by atoms with van der Waals surface area (Å²) in [6.07, 6.45) is -3.33. The van der Waals surface area contributed by atoms with E-state index in [2.05, 4.69) is 14.7 Å². The van der Waals surface area contributed by atoms with Gasteiger partial charge in [-0.3, -0.25) is 0 Å². The molecule has 1 atom stereocenters. The van der Waals surface area contributed by atoms with Crippen molar-refractivity contribution in [2.24, 2.45) is 5.92 Å². The molecule has 0 aliphatic carbocycles. The number of aryl methyl sites for hydroxylation is 1. The molecule has 2 aromatic rings. The van der Waals surface area contributed by atoms with Crippen molar-refractivity contribution in [3.05, 3.63) is 34.9 Å². The van der Waals surface area contributed by atoms with Crippen molar-refractivity contribution < 1.29 is 32.5 Å². The minimum atomic E-state index is -3.92. The van der Waals surface area contributed by atoms with Crippen LogP contribution in [0.2, 0.25) is 0 Å². The standard InChI is InChI=1S/C16H15F3N2O4/c1-8-12(17)5-10-4-11(15(22)23)13(21-14(10)20-8)16(18,19)25-7-9-2-3-24-6-9/h4-5,9H,2-3,6-7H2,1H3,(H,22,23). The van der Waals surface area contributed by atoms with Gasteiger partial charge >= 0.3 is 12.1 Å². The summed E-state index contributed by atoms with van der Waals surface area (Å²) in [5.74, 6) is -2.48. The molecule has 0 aromatic carbocycles. The summed E-state index contributed by atoms with van der Waals surface area (Å²) in [6.45, 7) is 1.85. The number of carbonyl (C=O) groups is 1. The summed E-state index contributed by atoms with van der Waals surface area (Å²) in [4.78, 5) is 18.8. The van der Waals surface area contributed by atoms with Crippen molar-refractivity contribution in [2.45, 2.75) is 19.5 Å². The number of aromatic nitrogens is 2. The predicted octanol–water partition coefficient (Wildman–Crippen LogP) is 2.88. The highest BCUT2D eigenvalue weighted by Crippen LogP contribution is 2.33. The lowest BCUT2D eigenvalue weighted by Crippen LogP contribution is -2.26. The van der Waals surface area contributed by atoms with Gasteiger partial charge in [0.05, 0.1) is 24.5 Å². The van der Waals surface area contributed by atoms with E-state index < -0.39 is 29.2 Å². The van der Waals surface area contributed by atoms with Crippen LogP contribution < -0.4 is 0 Å². The van der Waals surface area contributed by atoms with E-state index in [0.29, 0.717) is 19.6 Å². The van der Waals surface area contributed by atoms with E-state index in [1.807, 2.05) is 0 Å². The van der Waals surface area contributed by atoms with E-state index in [0.717, 1.165) is 12.1 Å². The second-order valence-corrected chi connectivity index (χ2v) is 5.85. The fourth-order valence-corrected chi connectivity index (χ4v) is 2.56. The lowest BCUT2D eigenvalue weighted by Gasteiger charge is -2.20. The van der Waals surface area contributed by atoms with Crippen LogP contribution in [0.5, 0.6) is 0 Å². The Hall–Kier alpha value is -2.26. The molecule has 1 unspecified atom stereocenters. The number of hydrogen-bond donors (Lipinski definition) is 1. The third-order valence-corrected chi connectivity index (χ3v) is 3.96. The zero-order valence-corrected chi connectivity index (χ0v) is 13.3. The first-order valence-corrected chi connectivity index (χ1v) is 7.59. The molecule has 1 aliphatic rings. The Morgan fingerprint density at radius 1 is 1.44 bits per heavy atom. The zero-order chi connectivity index (χ0) is 18.2. The van der Waals surface area contributed by atoms with E-state index in [9.17, 15) is 23.1 Å². The Morgan fingerprint density at radius 2 is 2.20 bits per heavy atom. The highest BCUT2D eigenvalue weighted by atomic mass is 19.3. The van der Waals surface area contributed by atoms with E-state index in [1.165, 1.54) is 6.92 Å². The van der Waals surface area contributed by atoms with Crippen LogP contribution in [0.3, 0.4) is 0 Å². The van der Waals surface area contributed by atoms with Crippen molar-refractivity contribution in [3.8, 4) is 0 Å². The number of carboxylic acid groups (broad SMARTS) is 1. The Bertz CT molecular complexity index is 823. The normalized spacial score (nSPS) is 18.0. The molecule has 0 spiro atoms. The first-order chi connectivity index (χ1) is 11.8. The average molecular weight is 356 g/mol. The highest BCUT2D eigenvalue weighted by molar-refractivity contribution is 5.93. The van der Waals surface area contributed by atoms with E-state index in [-0.39, 0.29) is 29.3 Å². The van der Waals surface area contributed by atoms with Gasteiger partial charge in [-0.2, -0.15) is 8.78 Å². The molecule has 3 rings (SSSR count). The molecule has 0 radical (unpaired) electrons. The van der Waals surface area contributed by atoms with Crippen molar-refractivity contribution >= 4 is 17.0 Å². The monoisotopic (exact) mass is 356 g/mol. The van der Waals surface area contributed by atoms with Gasteiger partial charge in [-0.1, -0.05) is 0 Å². The summed E-state index contributed by atoms with van der Waals surface area (Å²) in [5, 5.41) is 9.25. The van der Waals surface area contributed by atoms with Crippen LogP contribution in [0.1, 0.15) is 28.2 Å². The molecule has 2 aromatic heterocycles. The quantitative estimate of drug-likeness (QED) is 0.887. The summed E-state index contributed by atoms with van der Waals surface area (Å²) >= 11 is 0. The number of ether oxygens (including phenoxy) is 2. The fraction of sp³-hybridized carbons (Fsp3) is 0.438. The second kappa shape index (κ2) is 6.57. The maximum atomic E-state index is 14.4. The first-order valence-electron chi connectivity index (χ1n) is 7.59. The molecule has 1 N–H and O–H groups in total. The number of rotatable bonds is 5. The topological polar surface area (TPSA) is 81.5 Å². The lowest BCUT2D eigenvalue weighted by molar-refractivity contribution is -0.256. The SMILES string of the molecule is Cc1nc2nc(C(F)(F)OCC3CCOC3)c(C(=O)O)cc2cc1F. The molecular formula is C16H15F3N2O4. The molecule has 1 fully saturated rings. The highest BCUT2D eigenvalue weighted by Gasteiger charge is 2.40. The van der Waals surface area contributed by atoms with Gasteiger partial charge in [0, 0.05) is 17.9 Å². The minimum Gasteiger partial charge on any atom is -0.478 e. The summed E-state index contributed by atoms with van der Waals surface area (Å²) in [6, 6.07) is 1.93. The zero-order valence-electron chi connectivity index (χ0n) is 13.3. The third kappa shape index (κ3) is 3.57. The largest absolute Gasteiger partial charge is 0.478 e. The number of hydrogen-bond acceptors (Lipinski definition) is 5. The third-order valence-electron chi connectivity index (χ3n) is 3.96. The van der Waals surface area contributed by atoms with Crippen molar-refractivity contribution in [1.82, 2.24) is 9.97 Å². The molecule has 0 amide bonds. The first kappa shape index (κ1) is 17.6. The van der Waals surface area contributed by atoms with E-state index >= 15 is 0 Å². The number of fused-ring (bicyclic) bond motifs is 1. The number of nitrogens with zero attached hydrogens (tertiary/aromatic N) is 2. The van der Waals surface area contributed by atoms with Gasteiger partial charge in [-0.05, 0) is 25.5 Å². The van der Waals surface area contributed by atoms with Crippen LogP contribution in [0, 0.1) is 18.7 Å². The van der Waals surface area contributed by atoms with E-state index in [4.69, 9.17) is 4.74 Å². The molecule has 0 bridgehead atoms. The lowest BCUT2D eigenvalue weighted by atomic mass is 10.1. The van der Waals surface area contributed by atoms with E-state index in [1.54, 1.807) is 0 Å². The Balaban J connectivity index is 2.00. The van der Waals surface area contributed by atoms with Crippen molar-refractivity contribution in [3.63, 3.8) is 0 Å². The maximum absolute atomic E-state index is 14.4. The fourth-order valence-electron chi connectivity index (χ4n) is 2.56. The van der Waals surface area contributed by atoms with Gasteiger partial charge in [0.15, 0.2) is 11.3 Å². The molecule has 134 valence electrons. The molecule has 25 heavy (non-hydrogen) atoms. The Kier molecular flexibility index (Phi) is 4.61. The molecule has 0 saturated carbocycles. The number of alkyl halides is 2. The van der Waals surface area contributed by atoms with Crippen LogP contribution in [-0.2, 0) is 15.6 Å². The van der Waals surface area contributed by atoms with Gasteiger partial charge in [0.25, 0.3) is 0 Å². The van der Waals surface area contributed by atoms with Crippen molar-refractivity contribution in [1.29, 1.82) is 0 Å². The number of aromatic carboxylic acids is 1. The average Bonchev–Trinajstić information content (AvgIpc) is 3.06. The Labute approximate surface area is 140 Å². The number of halogens is 3. The number of pyridine rings is 2. The van der Waals surface area contributed by atoms with Gasteiger partial charge in [-0.25, -0.2) is 19.2 Å². The van der Waals surface area contributed by atoms with Gasteiger partial charge in [0.1, 0.15) is 5.82 Å². The van der Waals surface area contributed by atoms with Gasteiger partial charge in [0.2, 0.25) is 0 Å². The predicted molar refractivity (Wildman–Crippen MR) is 80.0 cm³/mol. The molecular weight excluding hydrogens is 341 g/mol. The molecule has 9 heteroatoms. The van der Waals surface area contributed by atoms with Crippen molar-refractivity contribution in [2.75, 3.05) is 19.8 Å². The second-order valence-electron chi connectivity index (χ2n) is 5.85. The minimum absolute atomic E-state index is 0.0178. The molecule has 6 nitrogen and oxygen atoms in total. The molecule has 1 saturated heterocycles. The molecule has 3 heterocycles. The molecule has 1 aliphatic heterocycles. The van der Waals surface area contributed by atoms with Gasteiger partial charge < -0.3 is 14.6 Å². The smallest absolute Gasteiger partial charge is 0.401 e. The van der Waals surface area contributed by atoms with Crippen LogP contribution >= 0.6 is 0 Å². The Morgan fingerprint density at radius 3 is 2.84 bits per heavy atom. The summed E-state index contributed by atoms with van der Waals surface area (Å²) in [5.41, 5.74) is -2.01. The van der Waals surface area contributed by atoms with Crippen LogP contribution in [0.15, 0.2) is 12.1 Å². The summed E-state index contributed by atoms with van der Waals surface area (Å²) in [7, 11) is 0. The number of carboxylic acids is 1.